The SMILES string of the molecule is NC(=O)CN1CCC[C@H](N)C1=O. The Balaban J connectivity index is 2.52. The second kappa shape index (κ2) is 3.53. The first-order chi connectivity index (χ1) is 5.61. The predicted octanol–water partition coefficient (Wildman–Crippen LogP) is -1.58. The predicted molar refractivity (Wildman–Crippen MR) is 43.0 cm³/mol. The average molecular weight is 171 g/mol. The summed E-state index contributed by atoms with van der Waals surface area (Å²) < 4.78 is 0. The zero-order chi connectivity index (χ0) is 9.14. The van der Waals surface area contributed by atoms with E-state index in [0.717, 1.165) is 6.42 Å². The quantitative estimate of drug-likeness (QED) is 0.525. The molecule has 12 heavy (non-hydrogen) atoms. The van der Waals surface area contributed by atoms with Crippen LogP contribution in [0.5, 0.6) is 0 Å². The Morgan fingerprint density at radius 3 is 2.92 bits per heavy atom. The highest BCUT2D eigenvalue weighted by atomic mass is 16.2. The number of nitrogens with zero attached hydrogens (tertiary/aromatic N) is 1. The van der Waals surface area contributed by atoms with Crippen LogP contribution >= 0.6 is 0 Å². The molecule has 0 unspecified atom stereocenters. The average Bonchev–Trinajstić information content (AvgIpc) is 1.98. The summed E-state index contributed by atoms with van der Waals surface area (Å²) in [5.41, 5.74) is 10.5. The van der Waals surface area contributed by atoms with Gasteiger partial charge in [0.2, 0.25) is 11.8 Å². The van der Waals surface area contributed by atoms with Gasteiger partial charge < -0.3 is 16.4 Å². The maximum atomic E-state index is 11.3. The van der Waals surface area contributed by atoms with Crippen LogP contribution < -0.4 is 11.5 Å². The molecule has 1 saturated heterocycles. The second-order valence-corrected chi connectivity index (χ2v) is 2.97. The number of primary amides is 1. The molecule has 1 heterocycles. The van der Waals surface area contributed by atoms with Crippen molar-refractivity contribution in [3.05, 3.63) is 0 Å². The first-order valence-electron chi connectivity index (χ1n) is 3.94. The molecule has 0 spiro atoms. The molecule has 1 aliphatic heterocycles. The van der Waals surface area contributed by atoms with Crippen LogP contribution in [0.25, 0.3) is 0 Å². The monoisotopic (exact) mass is 171 g/mol. The van der Waals surface area contributed by atoms with Crippen molar-refractivity contribution in [2.75, 3.05) is 13.1 Å². The lowest BCUT2D eigenvalue weighted by molar-refractivity contribution is -0.138. The van der Waals surface area contributed by atoms with Gasteiger partial charge in [-0.15, -0.1) is 0 Å². The van der Waals surface area contributed by atoms with E-state index in [-0.39, 0.29) is 12.5 Å². The summed E-state index contributed by atoms with van der Waals surface area (Å²) in [5, 5.41) is 0. The molecule has 5 heteroatoms. The minimum atomic E-state index is -0.488. The van der Waals surface area contributed by atoms with Crippen LogP contribution in [0.2, 0.25) is 0 Å². The first-order valence-corrected chi connectivity index (χ1v) is 3.94. The Bertz CT molecular complexity index is 205. The lowest BCUT2D eigenvalue weighted by Crippen LogP contribution is -2.50. The molecule has 1 rings (SSSR count). The van der Waals surface area contributed by atoms with Crippen molar-refractivity contribution < 1.29 is 9.59 Å². The van der Waals surface area contributed by atoms with Crippen LogP contribution in [0.1, 0.15) is 12.8 Å². The van der Waals surface area contributed by atoms with Gasteiger partial charge in [-0.05, 0) is 12.8 Å². The summed E-state index contributed by atoms with van der Waals surface area (Å²) in [6, 6.07) is -0.446. The Morgan fingerprint density at radius 2 is 2.33 bits per heavy atom. The zero-order valence-electron chi connectivity index (χ0n) is 6.82. The van der Waals surface area contributed by atoms with Gasteiger partial charge in [-0.25, -0.2) is 0 Å². The smallest absolute Gasteiger partial charge is 0.239 e. The van der Waals surface area contributed by atoms with Gasteiger partial charge in [0.05, 0.1) is 12.6 Å². The lowest BCUT2D eigenvalue weighted by Gasteiger charge is -2.29. The zero-order valence-corrected chi connectivity index (χ0v) is 6.82. The summed E-state index contributed by atoms with van der Waals surface area (Å²) in [6.45, 7) is 0.585. The third kappa shape index (κ3) is 1.94. The highest BCUT2D eigenvalue weighted by molar-refractivity contribution is 5.87. The Kier molecular flexibility index (Phi) is 2.65. The van der Waals surface area contributed by atoms with Gasteiger partial charge in [0.15, 0.2) is 0 Å². The molecule has 4 N–H and O–H groups in total. The molecule has 1 aliphatic rings. The molecule has 0 radical (unpaired) electrons. The lowest BCUT2D eigenvalue weighted by atomic mass is 10.1. The largest absolute Gasteiger partial charge is 0.368 e. The van der Waals surface area contributed by atoms with Gasteiger partial charge in [0.1, 0.15) is 0 Å². The fraction of sp³-hybridized carbons (Fsp3) is 0.714. The van der Waals surface area contributed by atoms with Crippen LogP contribution in [0, 0.1) is 0 Å². The number of nitrogens with two attached hydrogens (primary N) is 2. The van der Waals surface area contributed by atoms with Crippen LogP contribution in [0.3, 0.4) is 0 Å². The van der Waals surface area contributed by atoms with Gasteiger partial charge in [-0.3, -0.25) is 9.59 Å². The Labute approximate surface area is 70.7 Å². The van der Waals surface area contributed by atoms with E-state index in [4.69, 9.17) is 11.5 Å². The van der Waals surface area contributed by atoms with Crippen LogP contribution in [0.15, 0.2) is 0 Å². The molecule has 0 aliphatic carbocycles. The van der Waals surface area contributed by atoms with Gasteiger partial charge in [0, 0.05) is 6.54 Å². The molecule has 68 valence electrons. The van der Waals surface area contributed by atoms with Gasteiger partial charge >= 0.3 is 0 Å². The highest BCUT2D eigenvalue weighted by Crippen LogP contribution is 2.08. The van der Waals surface area contributed by atoms with E-state index in [2.05, 4.69) is 0 Å². The number of amides is 2. The number of piperidine rings is 1. The van der Waals surface area contributed by atoms with Gasteiger partial charge in [-0.1, -0.05) is 0 Å². The summed E-state index contributed by atoms with van der Waals surface area (Å²) in [6.07, 6.45) is 1.55. The van der Waals surface area contributed by atoms with E-state index in [1.54, 1.807) is 0 Å². The minimum absolute atomic E-state index is 0.00741. The number of rotatable bonds is 2. The molecule has 0 aromatic rings. The molecule has 2 amide bonds. The summed E-state index contributed by atoms with van der Waals surface area (Å²) in [7, 11) is 0. The van der Waals surface area contributed by atoms with E-state index in [0.29, 0.717) is 13.0 Å². The fourth-order valence-electron chi connectivity index (χ4n) is 1.32. The van der Waals surface area contributed by atoms with Crippen molar-refractivity contribution in [3.8, 4) is 0 Å². The fourth-order valence-corrected chi connectivity index (χ4v) is 1.32. The topological polar surface area (TPSA) is 89.4 Å². The Hall–Kier alpha value is -1.10. The number of carbonyl (C=O) groups excluding carboxylic acids is 2. The third-order valence-corrected chi connectivity index (χ3v) is 1.92. The molecule has 0 aromatic carbocycles. The standard InChI is InChI=1S/C7H13N3O2/c8-5-2-1-3-10(7(5)12)4-6(9)11/h5H,1-4,8H2,(H2,9,11)/t5-/m0/s1. The van der Waals surface area contributed by atoms with Gasteiger partial charge in [-0.2, -0.15) is 0 Å². The van der Waals surface area contributed by atoms with Crippen LogP contribution in [-0.2, 0) is 9.59 Å². The molecule has 0 saturated carbocycles. The van der Waals surface area contributed by atoms with E-state index in [1.807, 2.05) is 0 Å². The number of hydrogen-bond donors (Lipinski definition) is 2. The second-order valence-electron chi connectivity index (χ2n) is 2.97. The maximum absolute atomic E-state index is 11.3. The normalized spacial score (nSPS) is 24.2. The molecular formula is C7H13N3O2. The summed E-state index contributed by atoms with van der Waals surface area (Å²) in [4.78, 5) is 23.2. The van der Waals surface area contributed by atoms with E-state index >= 15 is 0 Å². The van der Waals surface area contributed by atoms with E-state index in [1.165, 1.54) is 4.90 Å². The molecule has 1 atom stereocenters. The van der Waals surface area contributed by atoms with Crippen molar-refractivity contribution >= 4 is 11.8 Å². The number of hydrogen-bond acceptors (Lipinski definition) is 3. The molecular weight excluding hydrogens is 158 g/mol. The van der Waals surface area contributed by atoms with Crippen molar-refractivity contribution in [3.63, 3.8) is 0 Å². The van der Waals surface area contributed by atoms with Crippen LogP contribution in [-0.4, -0.2) is 35.8 Å². The number of likely N-dealkylation sites (tertiary alicyclic amines) is 1. The van der Waals surface area contributed by atoms with E-state index in [9.17, 15) is 9.59 Å². The first kappa shape index (κ1) is 8.99. The van der Waals surface area contributed by atoms with E-state index < -0.39 is 11.9 Å². The Morgan fingerprint density at radius 1 is 1.67 bits per heavy atom. The molecule has 0 aromatic heterocycles. The van der Waals surface area contributed by atoms with Gasteiger partial charge in [0.25, 0.3) is 0 Å². The summed E-state index contributed by atoms with van der Waals surface area (Å²) >= 11 is 0. The van der Waals surface area contributed by atoms with Crippen molar-refractivity contribution in [2.24, 2.45) is 11.5 Å². The van der Waals surface area contributed by atoms with Crippen molar-refractivity contribution in [1.82, 2.24) is 4.90 Å². The molecule has 5 nitrogen and oxygen atoms in total. The maximum Gasteiger partial charge on any atom is 0.239 e. The van der Waals surface area contributed by atoms with Crippen LogP contribution in [0.4, 0.5) is 0 Å². The summed E-state index contributed by atoms with van der Waals surface area (Å²) in [5.74, 6) is -0.655. The van der Waals surface area contributed by atoms with Crippen molar-refractivity contribution in [1.29, 1.82) is 0 Å². The molecule has 1 fully saturated rings. The minimum Gasteiger partial charge on any atom is -0.368 e. The van der Waals surface area contributed by atoms with Crippen molar-refractivity contribution in [2.45, 2.75) is 18.9 Å². The molecule has 0 bridgehead atoms. The highest BCUT2D eigenvalue weighted by Gasteiger charge is 2.26. The third-order valence-electron chi connectivity index (χ3n) is 1.92. The number of carbonyl (C=O) groups is 2.